The number of benzene rings is 2. The lowest BCUT2D eigenvalue weighted by molar-refractivity contribution is -0.142. The highest BCUT2D eigenvalue weighted by atomic mass is 16.5. The predicted octanol–water partition coefficient (Wildman–Crippen LogP) is 4.75. The third kappa shape index (κ3) is 5.01. The van der Waals surface area contributed by atoms with Crippen LogP contribution in [0.4, 0.5) is 5.69 Å². The monoisotopic (exact) mass is 445 g/mol. The number of fused-ring (bicyclic) bond motifs is 1. The first-order valence-electron chi connectivity index (χ1n) is 11.3. The Balaban J connectivity index is 1.52. The van der Waals surface area contributed by atoms with E-state index in [4.69, 9.17) is 4.74 Å². The number of carboxylic acids is 1. The predicted molar refractivity (Wildman–Crippen MR) is 130 cm³/mol. The molecular formula is C27H31N3O3. The Morgan fingerprint density at radius 1 is 1.15 bits per heavy atom. The van der Waals surface area contributed by atoms with Crippen LogP contribution in [0, 0.1) is 0 Å². The van der Waals surface area contributed by atoms with Gasteiger partial charge in [-0.05, 0) is 48.6 Å². The Hall–Kier alpha value is -3.38. The molecule has 0 saturated carbocycles. The first kappa shape index (κ1) is 22.8. The zero-order valence-electron chi connectivity index (χ0n) is 19.3. The minimum Gasteiger partial charge on any atom is -0.481 e. The molecular weight excluding hydrogens is 414 g/mol. The maximum atomic E-state index is 11.7. The van der Waals surface area contributed by atoms with Crippen LogP contribution >= 0.6 is 0 Å². The maximum absolute atomic E-state index is 11.7. The Labute approximate surface area is 195 Å². The minimum absolute atomic E-state index is 0.0325. The fourth-order valence-corrected chi connectivity index (χ4v) is 4.10. The van der Waals surface area contributed by atoms with Crippen LogP contribution in [0.3, 0.4) is 0 Å². The number of aromatic nitrogens is 1. The van der Waals surface area contributed by atoms with Gasteiger partial charge in [0.05, 0.1) is 23.7 Å². The summed E-state index contributed by atoms with van der Waals surface area (Å²) >= 11 is 0. The number of ether oxygens (including phenoxy) is 1. The SMILES string of the molecule is C[C@H](CN[C@H](c1ccccc1)[C@H]1CNc2cccnc2O1)c1cccc(C(C)(C)C(=O)O)c1. The summed E-state index contributed by atoms with van der Waals surface area (Å²) < 4.78 is 6.28. The van der Waals surface area contributed by atoms with Crippen molar-refractivity contribution in [1.82, 2.24) is 10.3 Å². The van der Waals surface area contributed by atoms with Crippen molar-refractivity contribution in [2.24, 2.45) is 0 Å². The second-order valence-corrected chi connectivity index (χ2v) is 9.15. The van der Waals surface area contributed by atoms with Gasteiger partial charge in [-0.15, -0.1) is 0 Å². The maximum Gasteiger partial charge on any atom is 0.313 e. The molecule has 3 aromatic rings. The van der Waals surface area contributed by atoms with Crippen molar-refractivity contribution in [1.29, 1.82) is 0 Å². The highest BCUT2D eigenvalue weighted by molar-refractivity contribution is 5.80. The lowest BCUT2D eigenvalue weighted by atomic mass is 9.83. The normalized spacial score (nSPS) is 17.2. The number of anilines is 1. The molecule has 3 N–H and O–H groups in total. The number of hydrogen-bond donors (Lipinski definition) is 3. The van der Waals surface area contributed by atoms with Gasteiger partial charge in [0.25, 0.3) is 0 Å². The lowest BCUT2D eigenvalue weighted by Crippen LogP contribution is -2.43. The van der Waals surface area contributed by atoms with Gasteiger partial charge in [-0.2, -0.15) is 0 Å². The van der Waals surface area contributed by atoms with Crippen molar-refractivity contribution in [3.63, 3.8) is 0 Å². The van der Waals surface area contributed by atoms with E-state index >= 15 is 0 Å². The van der Waals surface area contributed by atoms with E-state index in [1.807, 2.05) is 48.5 Å². The Morgan fingerprint density at radius 2 is 1.91 bits per heavy atom. The fourth-order valence-electron chi connectivity index (χ4n) is 4.10. The summed E-state index contributed by atoms with van der Waals surface area (Å²) in [5.74, 6) is -0.0266. The van der Waals surface area contributed by atoms with E-state index in [1.165, 1.54) is 0 Å². The molecule has 33 heavy (non-hydrogen) atoms. The number of nitrogens with zero attached hydrogens (tertiary/aromatic N) is 1. The van der Waals surface area contributed by atoms with Gasteiger partial charge >= 0.3 is 5.97 Å². The van der Waals surface area contributed by atoms with E-state index < -0.39 is 11.4 Å². The topological polar surface area (TPSA) is 83.5 Å². The summed E-state index contributed by atoms with van der Waals surface area (Å²) in [7, 11) is 0. The van der Waals surface area contributed by atoms with Gasteiger partial charge in [0.2, 0.25) is 5.88 Å². The van der Waals surface area contributed by atoms with Gasteiger partial charge < -0.3 is 20.5 Å². The summed E-state index contributed by atoms with van der Waals surface area (Å²) in [6.07, 6.45) is 1.61. The lowest BCUT2D eigenvalue weighted by Gasteiger charge is -2.34. The van der Waals surface area contributed by atoms with Crippen LogP contribution in [-0.2, 0) is 10.2 Å². The van der Waals surface area contributed by atoms with Gasteiger partial charge in [-0.3, -0.25) is 4.79 Å². The molecule has 172 valence electrons. The van der Waals surface area contributed by atoms with E-state index in [-0.39, 0.29) is 18.1 Å². The number of carbonyl (C=O) groups is 1. The zero-order valence-corrected chi connectivity index (χ0v) is 19.3. The second-order valence-electron chi connectivity index (χ2n) is 9.15. The number of hydrogen-bond acceptors (Lipinski definition) is 5. The van der Waals surface area contributed by atoms with Gasteiger partial charge in [0.1, 0.15) is 6.10 Å². The van der Waals surface area contributed by atoms with Crippen LogP contribution in [0.25, 0.3) is 0 Å². The molecule has 1 aromatic heterocycles. The molecule has 1 aliphatic heterocycles. The molecule has 0 bridgehead atoms. The molecule has 0 radical (unpaired) electrons. The molecule has 2 heterocycles. The summed E-state index contributed by atoms with van der Waals surface area (Å²) in [6.45, 7) is 7.01. The molecule has 0 spiro atoms. The van der Waals surface area contributed by atoms with Gasteiger partial charge in [0, 0.05) is 12.7 Å². The first-order valence-corrected chi connectivity index (χ1v) is 11.3. The molecule has 6 heteroatoms. The molecule has 1 aliphatic rings. The Bertz CT molecular complexity index is 1100. The molecule has 0 saturated heterocycles. The molecule has 0 aliphatic carbocycles. The first-order chi connectivity index (χ1) is 15.9. The van der Waals surface area contributed by atoms with Crippen molar-refractivity contribution in [2.45, 2.75) is 44.2 Å². The molecule has 0 amide bonds. The number of nitrogens with one attached hydrogen (secondary N) is 2. The smallest absolute Gasteiger partial charge is 0.313 e. The third-order valence-electron chi connectivity index (χ3n) is 6.41. The van der Waals surface area contributed by atoms with Gasteiger partial charge in [0.15, 0.2) is 0 Å². The standard InChI is InChI=1S/C27H31N3O3/c1-18(20-11-7-12-21(15-20)27(2,3)26(31)32)16-30-24(19-9-5-4-6-10-19)23-17-29-22-13-8-14-28-25(22)33-23/h4-15,18,23-24,29-30H,16-17H2,1-3H3,(H,31,32)/t18-,23-,24-/m1/s1. The van der Waals surface area contributed by atoms with Crippen LogP contribution in [0.15, 0.2) is 72.9 Å². The summed E-state index contributed by atoms with van der Waals surface area (Å²) in [6, 6.07) is 22.0. The fraction of sp³-hybridized carbons (Fsp3) is 0.333. The van der Waals surface area contributed by atoms with Gasteiger partial charge in [-0.1, -0.05) is 61.5 Å². The van der Waals surface area contributed by atoms with Crippen molar-refractivity contribution in [2.75, 3.05) is 18.4 Å². The molecule has 3 atom stereocenters. The van der Waals surface area contributed by atoms with Crippen molar-refractivity contribution < 1.29 is 14.6 Å². The van der Waals surface area contributed by atoms with Crippen molar-refractivity contribution in [3.05, 3.63) is 89.6 Å². The van der Waals surface area contributed by atoms with E-state index in [0.717, 1.165) is 22.4 Å². The van der Waals surface area contributed by atoms with E-state index in [0.29, 0.717) is 19.0 Å². The Kier molecular flexibility index (Phi) is 6.65. The van der Waals surface area contributed by atoms with Gasteiger partial charge in [-0.25, -0.2) is 4.98 Å². The van der Waals surface area contributed by atoms with Crippen LogP contribution in [0.2, 0.25) is 0 Å². The van der Waals surface area contributed by atoms with Crippen LogP contribution in [0.5, 0.6) is 5.88 Å². The average molecular weight is 446 g/mol. The summed E-state index contributed by atoms with van der Waals surface area (Å²) in [4.78, 5) is 16.1. The van der Waals surface area contributed by atoms with Crippen molar-refractivity contribution >= 4 is 11.7 Å². The largest absolute Gasteiger partial charge is 0.481 e. The van der Waals surface area contributed by atoms with Crippen LogP contribution in [-0.4, -0.2) is 35.3 Å². The van der Waals surface area contributed by atoms with E-state index in [1.54, 1.807) is 20.0 Å². The molecule has 0 unspecified atom stereocenters. The zero-order chi connectivity index (χ0) is 23.4. The number of aliphatic carboxylic acids is 1. The molecule has 6 nitrogen and oxygen atoms in total. The summed E-state index contributed by atoms with van der Waals surface area (Å²) in [5, 5.41) is 16.7. The van der Waals surface area contributed by atoms with E-state index in [2.05, 4.69) is 40.7 Å². The number of rotatable bonds is 8. The van der Waals surface area contributed by atoms with Crippen LogP contribution < -0.4 is 15.4 Å². The molecule has 0 fully saturated rings. The summed E-state index contributed by atoms with van der Waals surface area (Å²) in [5.41, 5.74) is 3.04. The third-order valence-corrected chi connectivity index (χ3v) is 6.41. The quantitative estimate of drug-likeness (QED) is 0.464. The molecule has 2 aromatic carbocycles. The highest BCUT2D eigenvalue weighted by Crippen LogP contribution is 2.31. The van der Waals surface area contributed by atoms with Crippen molar-refractivity contribution in [3.8, 4) is 5.88 Å². The van der Waals surface area contributed by atoms with E-state index in [9.17, 15) is 9.90 Å². The Morgan fingerprint density at radius 3 is 2.67 bits per heavy atom. The second kappa shape index (κ2) is 9.63. The number of carboxylic acid groups (broad SMARTS) is 1. The molecule has 4 rings (SSSR count). The average Bonchev–Trinajstić information content (AvgIpc) is 2.84. The minimum atomic E-state index is -0.933. The number of pyridine rings is 1. The highest BCUT2D eigenvalue weighted by Gasteiger charge is 2.31. The van der Waals surface area contributed by atoms with Crippen LogP contribution in [0.1, 0.15) is 49.4 Å².